The van der Waals surface area contributed by atoms with Crippen molar-refractivity contribution >= 4 is 16.9 Å². The van der Waals surface area contributed by atoms with Gasteiger partial charge in [-0.3, -0.25) is 0 Å². The Morgan fingerprint density at radius 3 is 2.48 bits per heavy atom. The number of nitrogens with one attached hydrogen (secondary N) is 1. The van der Waals surface area contributed by atoms with Crippen molar-refractivity contribution in [1.29, 1.82) is 0 Å². The van der Waals surface area contributed by atoms with E-state index in [0.29, 0.717) is 13.2 Å². The van der Waals surface area contributed by atoms with Crippen molar-refractivity contribution in [2.75, 3.05) is 6.61 Å². The Morgan fingerprint density at radius 2 is 1.68 bits per heavy atom. The number of fused-ring (bicyclic) bond motifs is 1. The van der Waals surface area contributed by atoms with E-state index in [9.17, 15) is 4.79 Å². The highest BCUT2D eigenvalue weighted by molar-refractivity contribution is 5.84. The topological polar surface area (TPSA) is 58.6 Å². The monoisotopic (exact) mass is 335 g/mol. The first-order valence-corrected chi connectivity index (χ1v) is 8.37. The van der Waals surface area contributed by atoms with Crippen LogP contribution in [0.3, 0.4) is 0 Å². The fraction of sp³-hybridized carbons (Fsp3) is 0.190. The van der Waals surface area contributed by atoms with Crippen molar-refractivity contribution < 1.29 is 14.6 Å². The molecule has 3 aromatic rings. The number of benzene rings is 3. The second kappa shape index (κ2) is 8.20. The molecule has 1 amide bonds. The fourth-order valence-electron chi connectivity index (χ4n) is 2.76. The summed E-state index contributed by atoms with van der Waals surface area (Å²) in [6.07, 6.45) is 0.968. The molecule has 0 radical (unpaired) electrons. The standard InChI is InChI=1S/C21H21NO3/c23-21(24)22-15-17-8-9-19-14-20(11-10-18(19)13-17)25-12-4-7-16-5-2-1-3-6-16/h1-3,5-6,8-11,13-14,22H,4,7,12,15H2,(H,23,24). The lowest BCUT2D eigenvalue weighted by molar-refractivity contribution is 0.194. The Hall–Kier alpha value is -3.01. The van der Waals surface area contributed by atoms with Gasteiger partial charge in [-0.25, -0.2) is 4.79 Å². The molecule has 0 saturated carbocycles. The van der Waals surface area contributed by atoms with Gasteiger partial charge in [0.05, 0.1) is 6.61 Å². The van der Waals surface area contributed by atoms with E-state index in [1.807, 2.05) is 42.5 Å². The van der Waals surface area contributed by atoms with Crippen molar-refractivity contribution in [3.05, 3.63) is 77.9 Å². The van der Waals surface area contributed by atoms with Gasteiger partial charge in [-0.15, -0.1) is 0 Å². The summed E-state index contributed by atoms with van der Waals surface area (Å²) in [4.78, 5) is 10.6. The molecule has 0 spiro atoms. The lowest BCUT2D eigenvalue weighted by atomic mass is 10.1. The molecule has 4 nitrogen and oxygen atoms in total. The van der Waals surface area contributed by atoms with Crippen LogP contribution < -0.4 is 10.1 Å². The molecule has 0 saturated heterocycles. The molecule has 25 heavy (non-hydrogen) atoms. The van der Waals surface area contributed by atoms with E-state index >= 15 is 0 Å². The number of hydrogen-bond acceptors (Lipinski definition) is 2. The number of amides is 1. The first kappa shape index (κ1) is 16.8. The van der Waals surface area contributed by atoms with E-state index in [-0.39, 0.29) is 0 Å². The molecule has 0 unspecified atom stereocenters. The maximum atomic E-state index is 10.6. The molecular formula is C21H21NO3. The Balaban J connectivity index is 1.55. The minimum absolute atomic E-state index is 0.309. The highest BCUT2D eigenvalue weighted by Crippen LogP contribution is 2.22. The minimum atomic E-state index is -1.01. The van der Waals surface area contributed by atoms with Crippen LogP contribution in [0.15, 0.2) is 66.7 Å². The predicted octanol–water partition coefficient (Wildman–Crippen LogP) is 4.62. The molecule has 0 aromatic heterocycles. The van der Waals surface area contributed by atoms with Crippen LogP contribution in [0.4, 0.5) is 4.79 Å². The van der Waals surface area contributed by atoms with Crippen LogP contribution >= 0.6 is 0 Å². The number of hydrogen-bond donors (Lipinski definition) is 2. The van der Waals surface area contributed by atoms with Crippen molar-refractivity contribution in [1.82, 2.24) is 5.32 Å². The zero-order valence-corrected chi connectivity index (χ0v) is 13.9. The average Bonchev–Trinajstić information content (AvgIpc) is 2.64. The summed E-state index contributed by atoms with van der Waals surface area (Å²) in [5, 5.41) is 13.2. The molecule has 3 rings (SSSR count). The van der Waals surface area contributed by atoms with Gasteiger partial charge in [0.2, 0.25) is 0 Å². The zero-order valence-electron chi connectivity index (χ0n) is 13.9. The normalized spacial score (nSPS) is 10.6. The molecule has 0 aliphatic carbocycles. The van der Waals surface area contributed by atoms with Crippen molar-refractivity contribution in [3.8, 4) is 5.75 Å². The second-order valence-electron chi connectivity index (χ2n) is 5.94. The summed E-state index contributed by atoms with van der Waals surface area (Å²) in [5.74, 6) is 0.858. The largest absolute Gasteiger partial charge is 0.494 e. The van der Waals surface area contributed by atoms with Crippen LogP contribution in [0.5, 0.6) is 5.75 Å². The number of carbonyl (C=O) groups is 1. The Bertz CT molecular complexity index is 846. The van der Waals surface area contributed by atoms with Crippen LogP contribution in [0.25, 0.3) is 10.8 Å². The molecular weight excluding hydrogens is 314 g/mol. The first-order chi connectivity index (χ1) is 12.2. The Labute approximate surface area is 147 Å². The highest BCUT2D eigenvalue weighted by Gasteiger charge is 2.02. The van der Waals surface area contributed by atoms with Crippen LogP contribution in [-0.4, -0.2) is 17.8 Å². The van der Waals surface area contributed by atoms with Crippen LogP contribution in [0.1, 0.15) is 17.5 Å². The van der Waals surface area contributed by atoms with E-state index in [4.69, 9.17) is 9.84 Å². The van der Waals surface area contributed by atoms with Gasteiger partial charge >= 0.3 is 6.09 Å². The average molecular weight is 335 g/mol. The maximum Gasteiger partial charge on any atom is 0.404 e. The van der Waals surface area contributed by atoms with Gasteiger partial charge in [-0.05, 0) is 52.9 Å². The van der Waals surface area contributed by atoms with E-state index in [1.54, 1.807) is 0 Å². The quantitative estimate of drug-likeness (QED) is 0.619. The second-order valence-corrected chi connectivity index (χ2v) is 5.94. The third-order valence-electron chi connectivity index (χ3n) is 4.04. The number of rotatable bonds is 7. The summed E-state index contributed by atoms with van der Waals surface area (Å²) in [5.41, 5.74) is 2.26. The molecule has 128 valence electrons. The summed E-state index contributed by atoms with van der Waals surface area (Å²) in [6, 6.07) is 22.3. The van der Waals surface area contributed by atoms with E-state index in [2.05, 4.69) is 29.6 Å². The first-order valence-electron chi connectivity index (χ1n) is 8.37. The molecule has 0 atom stereocenters. The van der Waals surface area contributed by atoms with E-state index in [1.165, 1.54) is 5.56 Å². The Morgan fingerprint density at radius 1 is 0.920 bits per heavy atom. The van der Waals surface area contributed by atoms with Gasteiger partial charge in [-0.1, -0.05) is 48.5 Å². The molecule has 0 aliphatic heterocycles. The van der Waals surface area contributed by atoms with Crippen LogP contribution in [0, 0.1) is 0 Å². The molecule has 4 heteroatoms. The van der Waals surface area contributed by atoms with Crippen molar-refractivity contribution in [3.63, 3.8) is 0 Å². The van der Waals surface area contributed by atoms with Crippen molar-refractivity contribution in [2.45, 2.75) is 19.4 Å². The van der Waals surface area contributed by atoms with Crippen LogP contribution in [-0.2, 0) is 13.0 Å². The van der Waals surface area contributed by atoms with Gasteiger partial charge < -0.3 is 15.2 Å². The summed E-state index contributed by atoms with van der Waals surface area (Å²) >= 11 is 0. The maximum absolute atomic E-state index is 10.6. The molecule has 0 aliphatic rings. The summed E-state index contributed by atoms with van der Waals surface area (Å²) in [6.45, 7) is 0.990. The molecule has 0 heterocycles. The van der Waals surface area contributed by atoms with Gasteiger partial charge in [0, 0.05) is 6.54 Å². The van der Waals surface area contributed by atoms with Crippen LogP contribution in [0.2, 0.25) is 0 Å². The number of aryl methyl sites for hydroxylation is 1. The highest BCUT2D eigenvalue weighted by atomic mass is 16.5. The van der Waals surface area contributed by atoms with Gasteiger partial charge in [0.25, 0.3) is 0 Å². The third kappa shape index (κ3) is 4.98. The third-order valence-corrected chi connectivity index (χ3v) is 4.04. The summed E-state index contributed by atoms with van der Waals surface area (Å²) < 4.78 is 5.85. The summed E-state index contributed by atoms with van der Waals surface area (Å²) in [7, 11) is 0. The predicted molar refractivity (Wildman–Crippen MR) is 99.1 cm³/mol. The molecule has 0 bridgehead atoms. The van der Waals surface area contributed by atoms with Gasteiger partial charge in [0.15, 0.2) is 0 Å². The smallest absolute Gasteiger partial charge is 0.404 e. The van der Waals surface area contributed by atoms with Gasteiger partial charge in [0.1, 0.15) is 5.75 Å². The van der Waals surface area contributed by atoms with Crippen molar-refractivity contribution in [2.24, 2.45) is 0 Å². The molecule has 3 aromatic carbocycles. The SMILES string of the molecule is O=C(O)NCc1ccc2cc(OCCCc3ccccc3)ccc2c1. The lowest BCUT2D eigenvalue weighted by Gasteiger charge is -2.09. The molecule has 2 N–H and O–H groups in total. The zero-order chi connectivity index (χ0) is 17.5. The number of ether oxygens (including phenoxy) is 1. The van der Waals surface area contributed by atoms with Gasteiger partial charge in [-0.2, -0.15) is 0 Å². The number of carboxylic acid groups (broad SMARTS) is 1. The van der Waals surface area contributed by atoms with E-state index in [0.717, 1.165) is 34.9 Å². The fourth-order valence-corrected chi connectivity index (χ4v) is 2.76. The lowest BCUT2D eigenvalue weighted by Crippen LogP contribution is -2.19. The molecule has 0 fully saturated rings. The Kier molecular flexibility index (Phi) is 5.52. The van der Waals surface area contributed by atoms with E-state index < -0.39 is 6.09 Å². The minimum Gasteiger partial charge on any atom is -0.494 e.